The van der Waals surface area contributed by atoms with Crippen molar-refractivity contribution in [1.29, 1.82) is 0 Å². The highest BCUT2D eigenvalue weighted by molar-refractivity contribution is 5.91. The van der Waals surface area contributed by atoms with E-state index in [0.717, 1.165) is 25.7 Å². The van der Waals surface area contributed by atoms with Gasteiger partial charge in [0.15, 0.2) is 11.4 Å². The van der Waals surface area contributed by atoms with Gasteiger partial charge in [0.05, 0.1) is 27.6 Å². The number of Topliss-reactive ketones (excluding diaryl/α,β-unsaturated/α-hetero) is 1. The summed E-state index contributed by atoms with van der Waals surface area (Å²) in [5.41, 5.74) is -1.81. The number of ketones is 1. The molecule has 0 aromatic carbocycles. The van der Waals surface area contributed by atoms with E-state index in [0.29, 0.717) is 10.9 Å². The second-order valence-corrected chi connectivity index (χ2v) is 9.45. The summed E-state index contributed by atoms with van der Waals surface area (Å²) < 4.78 is 0.326. The molecule has 0 amide bonds. The Balaban J connectivity index is 4.05. The first-order valence-corrected chi connectivity index (χ1v) is 12.0. The molecule has 0 bridgehead atoms. The fourth-order valence-electron chi connectivity index (χ4n) is 3.45. The minimum Gasteiger partial charge on any atom is -0.481 e. The number of nitrogens with zero attached hydrogens (tertiary/aromatic N) is 1. The van der Waals surface area contributed by atoms with E-state index in [2.05, 4.69) is 49.5 Å². The van der Waals surface area contributed by atoms with Gasteiger partial charge in [-0.2, -0.15) is 0 Å². The monoisotopic (exact) mass is 448 g/mol. The summed E-state index contributed by atoms with van der Waals surface area (Å²) in [5.74, 6) is -1.54. The average molecular weight is 449 g/mol. The molecule has 32 heavy (non-hydrogen) atoms. The van der Waals surface area contributed by atoms with Crippen molar-refractivity contribution in [1.82, 2.24) is 0 Å². The van der Waals surface area contributed by atoms with Gasteiger partial charge in [-0.3, -0.25) is 9.59 Å². The van der Waals surface area contributed by atoms with E-state index >= 15 is 0 Å². The number of aliphatic carboxylic acids is 1. The lowest BCUT2D eigenvalue weighted by Crippen LogP contribution is -2.54. The molecule has 0 saturated heterocycles. The van der Waals surface area contributed by atoms with E-state index in [1.165, 1.54) is 25.7 Å². The quantitative estimate of drug-likeness (QED) is 0.153. The number of carbonyl (C=O) groups excluding carboxylic acids is 1. The van der Waals surface area contributed by atoms with Crippen LogP contribution >= 0.6 is 0 Å². The van der Waals surface area contributed by atoms with Gasteiger partial charge in [-0.1, -0.05) is 68.4 Å². The molecule has 0 heterocycles. The first-order chi connectivity index (χ1) is 15.1. The zero-order valence-electron chi connectivity index (χ0n) is 20.8. The minimum atomic E-state index is -1.81. The topological polar surface area (TPSA) is 74.6 Å². The first kappa shape index (κ1) is 30.0. The van der Waals surface area contributed by atoms with E-state index in [1.54, 1.807) is 0 Å². The van der Waals surface area contributed by atoms with Crippen LogP contribution in [0.25, 0.3) is 0 Å². The van der Waals surface area contributed by atoms with E-state index in [9.17, 15) is 14.7 Å². The van der Waals surface area contributed by atoms with Crippen LogP contribution in [-0.2, 0) is 9.59 Å². The van der Waals surface area contributed by atoms with Gasteiger partial charge in [-0.15, -0.1) is 0 Å². The number of hydrogen-bond acceptors (Lipinski definition) is 3. The van der Waals surface area contributed by atoms with Gasteiger partial charge >= 0.3 is 5.97 Å². The van der Waals surface area contributed by atoms with Crippen molar-refractivity contribution in [3.05, 3.63) is 48.6 Å². The third-order valence-electron chi connectivity index (χ3n) is 4.93. The predicted molar refractivity (Wildman–Crippen MR) is 134 cm³/mol. The van der Waals surface area contributed by atoms with Crippen LogP contribution in [0.1, 0.15) is 77.6 Å². The van der Waals surface area contributed by atoms with Crippen LogP contribution in [0, 0.1) is 0 Å². The molecule has 0 fully saturated rings. The molecule has 182 valence electrons. The van der Waals surface area contributed by atoms with Crippen molar-refractivity contribution in [2.75, 3.05) is 27.7 Å². The second kappa shape index (κ2) is 17.6. The number of aliphatic hydroxyl groups is 1. The largest absolute Gasteiger partial charge is 0.481 e. The minimum absolute atomic E-state index is 0.0858. The van der Waals surface area contributed by atoms with E-state index in [1.807, 2.05) is 27.2 Å². The third kappa shape index (κ3) is 17.7. The number of quaternary nitrogens is 1. The number of likely N-dealkylation sites (N-methyl/N-ethyl adjacent to an activating group) is 1. The summed E-state index contributed by atoms with van der Waals surface area (Å²) in [6.07, 6.45) is 26.0. The van der Waals surface area contributed by atoms with Crippen LogP contribution < -0.4 is 0 Å². The van der Waals surface area contributed by atoms with Gasteiger partial charge in [0.1, 0.15) is 6.54 Å². The summed E-state index contributed by atoms with van der Waals surface area (Å²) in [6, 6.07) is 0. The summed E-state index contributed by atoms with van der Waals surface area (Å²) in [6.45, 7) is 2.31. The Kier molecular flexibility index (Phi) is 16.5. The van der Waals surface area contributed by atoms with Crippen molar-refractivity contribution in [3.63, 3.8) is 0 Å². The van der Waals surface area contributed by atoms with Gasteiger partial charge in [0.25, 0.3) is 0 Å². The number of carbonyl (C=O) groups is 2. The van der Waals surface area contributed by atoms with E-state index < -0.39 is 18.0 Å². The highest BCUT2D eigenvalue weighted by Crippen LogP contribution is 2.19. The standard InChI is InChI=1S/C27H45NO4/c1-5-6-7-8-9-10-11-12-13-14-15-16-17-18-19-20-21-22-25(29)27(32,23-26(30)31)24-28(2,3)4/h9-10,12-13,15-16,18-19,32H,5-8,11,14,17,20-24H2,1-4H3/p+1/b10-9+,13-12+,16-15+,19-18+. The highest BCUT2D eigenvalue weighted by Gasteiger charge is 2.42. The summed E-state index contributed by atoms with van der Waals surface area (Å²) >= 11 is 0. The van der Waals surface area contributed by atoms with Crippen molar-refractivity contribution < 1.29 is 24.3 Å². The molecule has 0 rings (SSSR count). The van der Waals surface area contributed by atoms with Crippen molar-refractivity contribution >= 4 is 11.8 Å². The normalized spacial score (nSPS) is 14.8. The molecule has 0 aromatic rings. The Hall–Kier alpha value is -1.98. The lowest BCUT2D eigenvalue weighted by atomic mass is 9.90. The molecule has 5 heteroatoms. The molecule has 2 N–H and O–H groups in total. The second-order valence-electron chi connectivity index (χ2n) is 9.45. The van der Waals surface area contributed by atoms with Crippen molar-refractivity contribution in [3.8, 4) is 0 Å². The van der Waals surface area contributed by atoms with Gasteiger partial charge in [0, 0.05) is 6.42 Å². The molecule has 0 aliphatic heterocycles. The molecule has 0 aromatic heterocycles. The predicted octanol–water partition coefficient (Wildman–Crippen LogP) is 5.61. The van der Waals surface area contributed by atoms with Crippen LogP contribution in [0.4, 0.5) is 0 Å². The van der Waals surface area contributed by atoms with Crippen LogP contribution in [0.3, 0.4) is 0 Å². The number of allylic oxidation sites excluding steroid dienone is 8. The smallest absolute Gasteiger partial charge is 0.306 e. The van der Waals surface area contributed by atoms with Gasteiger partial charge in [0.2, 0.25) is 0 Å². The number of hydrogen-bond donors (Lipinski definition) is 2. The fraction of sp³-hybridized carbons (Fsp3) is 0.630. The number of unbranched alkanes of at least 4 members (excludes halogenated alkanes) is 4. The van der Waals surface area contributed by atoms with Crippen LogP contribution in [0.2, 0.25) is 0 Å². The number of carboxylic acids is 1. The molecular weight excluding hydrogens is 402 g/mol. The Morgan fingerprint density at radius 2 is 1.25 bits per heavy atom. The molecule has 0 aliphatic rings. The Bertz CT molecular complexity index is 641. The SMILES string of the molecule is CCCCC/C=C/C/C=C/C/C=C/C/C=C/CCCC(=O)C(O)(CC(=O)O)C[N+](C)(C)C. The molecule has 0 radical (unpaired) electrons. The molecule has 1 atom stereocenters. The Labute approximate surface area is 195 Å². The zero-order valence-corrected chi connectivity index (χ0v) is 20.8. The molecule has 5 nitrogen and oxygen atoms in total. The zero-order chi connectivity index (χ0) is 24.3. The average Bonchev–Trinajstić information content (AvgIpc) is 2.68. The van der Waals surface area contributed by atoms with Gasteiger partial charge < -0.3 is 14.7 Å². The maximum Gasteiger partial charge on any atom is 0.306 e. The summed E-state index contributed by atoms with van der Waals surface area (Å²) in [5, 5.41) is 19.7. The molecule has 1 unspecified atom stereocenters. The van der Waals surface area contributed by atoms with Crippen LogP contribution in [0.5, 0.6) is 0 Å². The fourth-order valence-corrected chi connectivity index (χ4v) is 3.45. The van der Waals surface area contributed by atoms with Crippen molar-refractivity contribution in [2.24, 2.45) is 0 Å². The summed E-state index contributed by atoms with van der Waals surface area (Å²) in [4.78, 5) is 23.6. The molecule has 0 saturated carbocycles. The lowest BCUT2D eigenvalue weighted by Gasteiger charge is -2.33. The Morgan fingerprint density at radius 3 is 1.69 bits per heavy atom. The first-order valence-electron chi connectivity index (χ1n) is 12.0. The maximum absolute atomic E-state index is 12.5. The van der Waals surface area contributed by atoms with E-state index in [4.69, 9.17) is 5.11 Å². The van der Waals surface area contributed by atoms with E-state index in [-0.39, 0.29) is 18.7 Å². The summed E-state index contributed by atoms with van der Waals surface area (Å²) in [7, 11) is 5.50. The van der Waals surface area contributed by atoms with Gasteiger partial charge in [-0.25, -0.2) is 0 Å². The van der Waals surface area contributed by atoms with Crippen LogP contribution in [0.15, 0.2) is 48.6 Å². The lowest BCUT2D eigenvalue weighted by molar-refractivity contribution is -0.875. The highest BCUT2D eigenvalue weighted by atomic mass is 16.4. The number of carboxylic acid groups (broad SMARTS) is 1. The van der Waals surface area contributed by atoms with Crippen LogP contribution in [-0.4, -0.2) is 59.7 Å². The third-order valence-corrected chi connectivity index (χ3v) is 4.93. The molecule has 0 aliphatic carbocycles. The van der Waals surface area contributed by atoms with Gasteiger partial charge in [-0.05, 0) is 44.9 Å². The van der Waals surface area contributed by atoms with Crippen molar-refractivity contribution in [2.45, 2.75) is 83.2 Å². The molecule has 0 spiro atoms. The maximum atomic E-state index is 12.5. The molecular formula is C27H46NO4+. The number of rotatable bonds is 19. The Morgan fingerprint density at radius 1 is 0.781 bits per heavy atom.